The second-order valence-corrected chi connectivity index (χ2v) is 2.99. The van der Waals surface area contributed by atoms with Gasteiger partial charge < -0.3 is 10.5 Å². The molecule has 14 heavy (non-hydrogen) atoms. The van der Waals surface area contributed by atoms with Crippen molar-refractivity contribution in [1.82, 2.24) is 0 Å². The molecule has 0 fully saturated rings. The lowest BCUT2D eigenvalue weighted by Gasteiger charge is -2.23. The highest BCUT2D eigenvalue weighted by atomic mass is 19.4. The van der Waals surface area contributed by atoms with Crippen LogP contribution in [0.3, 0.4) is 0 Å². The van der Waals surface area contributed by atoms with Crippen LogP contribution in [0, 0.1) is 5.92 Å². The van der Waals surface area contributed by atoms with Gasteiger partial charge in [-0.2, -0.15) is 13.2 Å². The van der Waals surface area contributed by atoms with Crippen LogP contribution in [0.5, 0.6) is 0 Å². The number of hydrogen-bond donors (Lipinski definition) is 1. The van der Waals surface area contributed by atoms with Crippen molar-refractivity contribution in [2.45, 2.75) is 32.0 Å². The summed E-state index contributed by atoms with van der Waals surface area (Å²) < 4.78 is 40.8. The molecule has 0 aromatic carbocycles. The summed E-state index contributed by atoms with van der Waals surface area (Å²) in [4.78, 5) is 11.0. The smallest absolute Gasteiger partial charge is 0.404 e. The maximum atomic E-state index is 12.2. The van der Waals surface area contributed by atoms with Gasteiger partial charge in [-0.05, 0) is 6.42 Å². The summed E-state index contributed by atoms with van der Waals surface area (Å²) in [5.41, 5.74) is 4.93. The minimum absolute atomic E-state index is 0.0767. The SMILES string of the molecule is CCC[C@H](C(=O)OC)[C@H](N)C(F)(F)F. The predicted octanol–water partition coefficient (Wildman–Crippen LogP) is 1.47. The molecule has 0 spiro atoms. The number of hydrogen-bond acceptors (Lipinski definition) is 3. The van der Waals surface area contributed by atoms with Crippen LogP contribution in [0.15, 0.2) is 0 Å². The average molecular weight is 213 g/mol. The normalized spacial score (nSPS) is 16.1. The van der Waals surface area contributed by atoms with Crippen LogP contribution in [-0.2, 0) is 9.53 Å². The van der Waals surface area contributed by atoms with E-state index in [9.17, 15) is 18.0 Å². The van der Waals surface area contributed by atoms with E-state index in [1.807, 2.05) is 0 Å². The highest BCUT2D eigenvalue weighted by molar-refractivity contribution is 5.73. The lowest BCUT2D eigenvalue weighted by Crippen LogP contribution is -2.47. The molecular weight excluding hydrogens is 199 g/mol. The summed E-state index contributed by atoms with van der Waals surface area (Å²) in [5, 5.41) is 0. The van der Waals surface area contributed by atoms with E-state index in [1.165, 1.54) is 0 Å². The van der Waals surface area contributed by atoms with Crippen molar-refractivity contribution in [2.75, 3.05) is 7.11 Å². The summed E-state index contributed by atoms with van der Waals surface area (Å²) in [6, 6.07) is -2.14. The Morgan fingerprint density at radius 1 is 1.50 bits per heavy atom. The van der Waals surface area contributed by atoms with E-state index in [2.05, 4.69) is 4.74 Å². The number of rotatable bonds is 4. The van der Waals surface area contributed by atoms with Crippen molar-refractivity contribution in [3.63, 3.8) is 0 Å². The summed E-state index contributed by atoms with van der Waals surface area (Å²) in [7, 11) is 1.05. The molecule has 0 unspecified atom stereocenters. The van der Waals surface area contributed by atoms with E-state index in [0.29, 0.717) is 6.42 Å². The molecule has 0 aliphatic rings. The van der Waals surface area contributed by atoms with E-state index in [0.717, 1.165) is 7.11 Å². The fraction of sp³-hybridized carbons (Fsp3) is 0.875. The first-order valence-corrected chi connectivity index (χ1v) is 4.24. The van der Waals surface area contributed by atoms with Gasteiger partial charge in [0.2, 0.25) is 0 Å². The number of alkyl halides is 3. The highest BCUT2D eigenvalue weighted by Crippen LogP contribution is 2.27. The molecule has 2 atom stereocenters. The van der Waals surface area contributed by atoms with Crippen LogP contribution in [0.4, 0.5) is 13.2 Å². The number of carbonyl (C=O) groups excluding carboxylic acids is 1. The Balaban J connectivity index is 4.56. The van der Waals surface area contributed by atoms with Gasteiger partial charge in [-0.1, -0.05) is 13.3 Å². The van der Waals surface area contributed by atoms with Gasteiger partial charge in [0.25, 0.3) is 0 Å². The van der Waals surface area contributed by atoms with Gasteiger partial charge in [0.15, 0.2) is 0 Å². The second-order valence-electron chi connectivity index (χ2n) is 2.99. The molecule has 0 rings (SSSR count). The van der Waals surface area contributed by atoms with E-state index >= 15 is 0 Å². The maximum absolute atomic E-state index is 12.2. The fourth-order valence-electron chi connectivity index (χ4n) is 1.13. The second kappa shape index (κ2) is 5.19. The van der Waals surface area contributed by atoms with Crippen LogP contribution in [0.25, 0.3) is 0 Å². The largest absolute Gasteiger partial charge is 0.469 e. The molecule has 0 saturated carbocycles. The number of ether oxygens (including phenoxy) is 1. The van der Waals surface area contributed by atoms with Crippen molar-refractivity contribution >= 4 is 5.97 Å². The van der Waals surface area contributed by atoms with Gasteiger partial charge in [0, 0.05) is 0 Å². The van der Waals surface area contributed by atoms with Crippen LogP contribution in [-0.4, -0.2) is 25.3 Å². The first-order valence-electron chi connectivity index (χ1n) is 4.24. The Morgan fingerprint density at radius 3 is 2.29 bits per heavy atom. The van der Waals surface area contributed by atoms with E-state index in [4.69, 9.17) is 5.73 Å². The molecule has 6 heteroatoms. The summed E-state index contributed by atoms with van der Waals surface area (Å²) in [5.74, 6) is -2.21. The van der Waals surface area contributed by atoms with Crippen LogP contribution < -0.4 is 5.73 Å². The van der Waals surface area contributed by atoms with Crippen molar-refractivity contribution in [3.8, 4) is 0 Å². The third kappa shape index (κ3) is 3.53. The highest BCUT2D eigenvalue weighted by Gasteiger charge is 2.44. The van der Waals surface area contributed by atoms with Crippen molar-refractivity contribution in [3.05, 3.63) is 0 Å². The van der Waals surface area contributed by atoms with E-state index in [1.54, 1.807) is 6.92 Å². The zero-order chi connectivity index (χ0) is 11.4. The fourth-order valence-corrected chi connectivity index (χ4v) is 1.13. The van der Waals surface area contributed by atoms with Gasteiger partial charge in [0.05, 0.1) is 13.0 Å². The van der Waals surface area contributed by atoms with E-state index < -0.39 is 24.1 Å². The van der Waals surface area contributed by atoms with Crippen molar-refractivity contribution in [2.24, 2.45) is 11.7 Å². The molecule has 0 aliphatic heterocycles. The Hall–Kier alpha value is -0.780. The molecule has 84 valence electrons. The van der Waals surface area contributed by atoms with Gasteiger partial charge in [-0.25, -0.2) is 0 Å². The Bertz CT molecular complexity index is 194. The number of methoxy groups -OCH3 is 1. The third-order valence-electron chi connectivity index (χ3n) is 1.92. The van der Waals surface area contributed by atoms with Gasteiger partial charge in [-0.3, -0.25) is 4.79 Å². The lowest BCUT2D eigenvalue weighted by molar-refractivity contribution is -0.175. The zero-order valence-corrected chi connectivity index (χ0v) is 8.10. The molecule has 0 radical (unpaired) electrons. The molecule has 0 aliphatic carbocycles. The number of esters is 1. The van der Waals surface area contributed by atoms with Crippen molar-refractivity contribution < 1.29 is 22.7 Å². The summed E-state index contributed by atoms with van der Waals surface area (Å²) in [6.07, 6.45) is -4.04. The Morgan fingerprint density at radius 2 is 2.00 bits per heavy atom. The number of nitrogens with two attached hydrogens (primary N) is 1. The molecule has 0 amide bonds. The van der Waals surface area contributed by atoms with Gasteiger partial charge in [-0.15, -0.1) is 0 Å². The van der Waals surface area contributed by atoms with Crippen molar-refractivity contribution in [1.29, 1.82) is 0 Å². The van der Waals surface area contributed by atoms with Gasteiger partial charge >= 0.3 is 12.1 Å². The summed E-state index contributed by atoms with van der Waals surface area (Å²) in [6.45, 7) is 1.68. The monoisotopic (exact) mass is 213 g/mol. The topological polar surface area (TPSA) is 52.3 Å². The number of carbonyl (C=O) groups is 1. The molecule has 0 heterocycles. The molecular formula is C8H14F3NO2. The zero-order valence-electron chi connectivity index (χ0n) is 8.10. The third-order valence-corrected chi connectivity index (χ3v) is 1.92. The molecule has 3 nitrogen and oxygen atoms in total. The first-order chi connectivity index (χ1) is 6.34. The molecule has 0 aromatic heterocycles. The van der Waals surface area contributed by atoms with Crippen LogP contribution >= 0.6 is 0 Å². The standard InChI is InChI=1S/C8H14F3NO2/c1-3-4-5(7(13)14-2)6(12)8(9,10)11/h5-6H,3-4,12H2,1-2H3/t5-,6-/m0/s1. The average Bonchev–Trinajstić information content (AvgIpc) is 2.10. The lowest BCUT2D eigenvalue weighted by atomic mass is 9.95. The molecule has 0 saturated heterocycles. The van der Waals surface area contributed by atoms with Crippen LogP contribution in [0.1, 0.15) is 19.8 Å². The molecule has 2 N–H and O–H groups in total. The van der Waals surface area contributed by atoms with Gasteiger partial charge in [0.1, 0.15) is 6.04 Å². The molecule has 0 bridgehead atoms. The predicted molar refractivity (Wildman–Crippen MR) is 44.4 cm³/mol. The summed E-state index contributed by atoms with van der Waals surface area (Å²) >= 11 is 0. The maximum Gasteiger partial charge on any atom is 0.404 e. The minimum Gasteiger partial charge on any atom is -0.469 e. The van der Waals surface area contributed by atoms with E-state index in [-0.39, 0.29) is 6.42 Å². The first kappa shape index (κ1) is 13.2. The number of halogens is 3. The quantitative estimate of drug-likeness (QED) is 0.719. The Labute approximate surface area is 80.4 Å². The molecule has 0 aromatic rings. The Kier molecular flexibility index (Phi) is 4.90. The minimum atomic E-state index is -4.56. The van der Waals surface area contributed by atoms with Crippen LogP contribution in [0.2, 0.25) is 0 Å².